The molecule has 2 nitrogen and oxygen atoms in total. The average molecular weight is 259 g/mol. The van der Waals surface area contributed by atoms with E-state index in [1.165, 1.54) is 18.7 Å². The van der Waals surface area contributed by atoms with Gasteiger partial charge in [0.1, 0.15) is 0 Å². The summed E-state index contributed by atoms with van der Waals surface area (Å²) < 4.78 is 18.6. The van der Waals surface area contributed by atoms with Crippen molar-refractivity contribution in [1.82, 2.24) is 0 Å². The lowest BCUT2D eigenvalue weighted by molar-refractivity contribution is 0.386. The van der Waals surface area contributed by atoms with Crippen LogP contribution >= 0.6 is 0 Å². The van der Waals surface area contributed by atoms with Crippen LogP contribution in [0.1, 0.15) is 24.1 Å². The van der Waals surface area contributed by atoms with E-state index in [0.29, 0.717) is 0 Å². The van der Waals surface area contributed by atoms with Gasteiger partial charge < -0.3 is 10.1 Å². The highest BCUT2D eigenvalue weighted by atomic mass is 19.1. The number of methoxy groups -OCH3 is 1. The maximum absolute atomic E-state index is 13.7. The minimum atomic E-state index is -0.335. The molecule has 1 unspecified atom stereocenters. The Hall–Kier alpha value is -2.03. The fraction of sp³-hybridized carbons (Fsp3) is 0.250. The van der Waals surface area contributed by atoms with Crippen molar-refractivity contribution < 1.29 is 9.13 Å². The number of hydrogen-bond acceptors (Lipinski definition) is 2. The average Bonchev–Trinajstić information content (AvgIpc) is 2.38. The SMILES string of the molecule is COc1ccc(C(C)Nc2cccc(C)c2)cc1F. The number of nitrogens with one attached hydrogen (secondary N) is 1. The summed E-state index contributed by atoms with van der Waals surface area (Å²) in [4.78, 5) is 0. The summed E-state index contributed by atoms with van der Waals surface area (Å²) in [5.74, 6) is -0.0654. The Morgan fingerprint density at radius 2 is 1.95 bits per heavy atom. The van der Waals surface area contributed by atoms with Crippen molar-refractivity contribution >= 4 is 5.69 Å². The third-order valence-electron chi connectivity index (χ3n) is 3.08. The lowest BCUT2D eigenvalue weighted by atomic mass is 10.1. The number of benzene rings is 2. The molecule has 100 valence electrons. The molecule has 0 aromatic heterocycles. The molecule has 0 spiro atoms. The van der Waals surface area contributed by atoms with Crippen LogP contribution in [0.3, 0.4) is 0 Å². The maximum atomic E-state index is 13.7. The van der Waals surface area contributed by atoms with Gasteiger partial charge in [0.15, 0.2) is 11.6 Å². The molecule has 0 bridgehead atoms. The van der Waals surface area contributed by atoms with E-state index < -0.39 is 0 Å². The van der Waals surface area contributed by atoms with Crippen LogP contribution in [0.5, 0.6) is 5.75 Å². The molecule has 0 heterocycles. The van der Waals surface area contributed by atoms with Gasteiger partial charge in [-0.1, -0.05) is 18.2 Å². The van der Waals surface area contributed by atoms with E-state index >= 15 is 0 Å². The van der Waals surface area contributed by atoms with E-state index in [1.807, 2.05) is 38.1 Å². The van der Waals surface area contributed by atoms with E-state index in [2.05, 4.69) is 11.4 Å². The molecule has 0 fully saturated rings. The fourth-order valence-corrected chi connectivity index (χ4v) is 2.02. The second-order valence-electron chi connectivity index (χ2n) is 4.63. The molecule has 0 amide bonds. The first-order valence-corrected chi connectivity index (χ1v) is 6.27. The first kappa shape index (κ1) is 13.4. The van der Waals surface area contributed by atoms with Crippen molar-refractivity contribution in [2.45, 2.75) is 19.9 Å². The van der Waals surface area contributed by atoms with Crippen LogP contribution in [0.25, 0.3) is 0 Å². The summed E-state index contributed by atoms with van der Waals surface area (Å²) in [6.07, 6.45) is 0. The first-order valence-electron chi connectivity index (χ1n) is 6.27. The maximum Gasteiger partial charge on any atom is 0.165 e. The minimum absolute atomic E-state index is 0.0298. The third-order valence-corrected chi connectivity index (χ3v) is 3.08. The molecular weight excluding hydrogens is 241 g/mol. The molecular formula is C16H18FNO. The van der Waals surface area contributed by atoms with Gasteiger partial charge in [-0.25, -0.2) is 4.39 Å². The summed E-state index contributed by atoms with van der Waals surface area (Å²) in [7, 11) is 1.46. The molecule has 3 heteroatoms. The van der Waals surface area contributed by atoms with Gasteiger partial charge in [-0.3, -0.25) is 0 Å². The van der Waals surface area contributed by atoms with E-state index in [9.17, 15) is 4.39 Å². The largest absolute Gasteiger partial charge is 0.494 e. The predicted molar refractivity (Wildman–Crippen MR) is 76.2 cm³/mol. The highest BCUT2D eigenvalue weighted by Crippen LogP contribution is 2.24. The molecule has 0 aliphatic rings. The molecule has 0 saturated heterocycles. The summed E-state index contributed by atoms with van der Waals surface area (Å²) >= 11 is 0. The minimum Gasteiger partial charge on any atom is -0.494 e. The van der Waals surface area contributed by atoms with Gasteiger partial charge in [-0.15, -0.1) is 0 Å². The molecule has 2 aromatic rings. The van der Waals surface area contributed by atoms with Gasteiger partial charge in [-0.05, 0) is 49.2 Å². The summed E-state index contributed by atoms with van der Waals surface area (Å²) in [6.45, 7) is 4.05. The quantitative estimate of drug-likeness (QED) is 0.883. The number of rotatable bonds is 4. The topological polar surface area (TPSA) is 21.3 Å². The molecule has 1 N–H and O–H groups in total. The molecule has 1 atom stereocenters. The smallest absolute Gasteiger partial charge is 0.165 e. The number of halogens is 1. The lowest BCUT2D eigenvalue weighted by Crippen LogP contribution is -2.07. The highest BCUT2D eigenvalue weighted by Gasteiger charge is 2.09. The van der Waals surface area contributed by atoms with E-state index in [1.54, 1.807) is 6.07 Å². The first-order chi connectivity index (χ1) is 9.10. The van der Waals surface area contributed by atoms with Gasteiger partial charge in [0.05, 0.1) is 7.11 Å². The van der Waals surface area contributed by atoms with Crippen LogP contribution in [0.15, 0.2) is 42.5 Å². The van der Waals surface area contributed by atoms with Crippen LogP contribution in [-0.2, 0) is 0 Å². The second-order valence-corrected chi connectivity index (χ2v) is 4.63. The predicted octanol–water partition coefficient (Wildman–Crippen LogP) is 4.32. The van der Waals surface area contributed by atoms with Crippen molar-refractivity contribution in [3.05, 3.63) is 59.4 Å². The number of hydrogen-bond donors (Lipinski definition) is 1. The molecule has 0 aliphatic carbocycles. The molecule has 0 aliphatic heterocycles. The fourth-order valence-electron chi connectivity index (χ4n) is 2.02. The van der Waals surface area contributed by atoms with E-state index in [4.69, 9.17) is 4.74 Å². The van der Waals surface area contributed by atoms with Gasteiger partial charge in [0.25, 0.3) is 0 Å². The van der Waals surface area contributed by atoms with Crippen molar-refractivity contribution in [1.29, 1.82) is 0 Å². The Labute approximate surface area is 113 Å². The summed E-state index contributed by atoms with van der Waals surface area (Å²) in [6, 6.07) is 13.2. The van der Waals surface area contributed by atoms with E-state index in [0.717, 1.165) is 11.3 Å². The zero-order valence-electron chi connectivity index (χ0n) is 11.4. The molecule has 0 radical (unpaired) electrons. The zero-order valence-corrected chi connectivity index (χ0v) is 11.4. The van der Waals surface area contributed by atoms with Gasteiger partial charge in [0.2, 0.25) is 0 Å². The monoisotopic (exact) mass is 259 g/mol. The standard InChI is InChI=1S/C16H18FNO/c1-11-5-4-6-14(9-11)18-12(2)13-7-8-16(19-3)15(17)10-13/h4-10,12,18H,1-3H3. The number of ether oxygens (including phenoxy) is 1. The van der Waals surface area contributed by atoms with Gasteiger partial charge in [0, 0.05) is 11.7 Å². The molecule has 2 rings (SSSR count). The Bertz CT molecular complexity index is 568. The van der Waals surface area contributed by atoms with Crippen LogP contribution < -0.4 is 10.1 Å². The Morgan fingerprint density at radius 3 is 2.58 bits per heavy atom. The van der Waals surface area contributed by atoms with Crippen molar-refractivity contribution in [3.8, 4) is 5.75 Å². The summed E-state index contributed by atoms with van der Waals surface area (Å²) in [5.41, 5.74) is 3.11. The van der Waals surface area contributed by atoms with E-state index in [-0.39, 0.29) is 17.6 Å². The zero-order chi connectivity index (χ0) is 13.8. The second kappa shape index (κ2) is 5.74. The molecule has 2 aromatic carbocycles. The van der Waals surface area contributed by atoms with Crippen LogP contribution in [-0.4, -0.2) is 7.11 Å². The number of anilines is 1. The van der Waals surface area contributed by atoms with Crippen molar-refractivity contribution in [2.24, 2.45) is 0 Å². The Balaban J connectivity index is 2.15. The van der Waals surface area contributed by atoms with Crippen molar-refractivity contribution in [2.75, 3.05) is 12.4 Å². The number of aryl methyl sites for hydroxylation is 1. The third kappa shape index (κ3) is 3.25. The highest BCUT2D eigenvalue weighted by molar-refractivity contribution is 5.47. The Kier molecular flexibility index (Phi) is 4.05. The van der Waals surface area contributed by atoms with Crippen molar-refractivity contribution in [3.63, 3.8) is 0 Å². The molecule has 19 heavy (non-hydrogen) atoms. The summed E-state index contributed by atoms with van der Waals surface area (Å²) in [5, 5.41) is 3.36. The van der Waals surface area contributed by atoms with Crippen LogP contribution in [0.4, 0.5) is 10.1 Å². The van der Waals surface area contributed by atoms with Gasteiger partial charge in [-0.2, -0.15) is 0 Å². The molecule has 0 saturated carbocycles. The van der Waals surface area contributed by atoms with Crippen LogP contribution in [0, 0.1) is 12.7 Å². The lowest BCUT2D eigenvalue weighted by Gasteiger charge is -2.16. The van der Waals surface area contributed by atoms with Gasteiger partial charge >= 0.3 is 0 Å². The van der Waals surface area contributed by atoms with Crippen LogP contribution in [0.2, 0.25) is 0 Å². The normalized spacial score (nSPS) is 12.0. The Morgan fingerprint density at radius 1 is 1.16 bits per heavy atom.